The molecule has 166 valence electrons. The monoisotopic (exact) mass is 482 g/mol. The summed E-state index contributed by atoms with van der Waals surface area (Å²) in [5, 5.41) is 14.4. The molecule has 0 spiro atoms. The van der Waals surface area contributed by atoms with Gasteiger partial charge in [0.05, 0.1) is 45.1 Å². The minimum Gasteiger partial charge on any atom is -0.342 e. The van der Waals surface area contributed by atoms with Crippen LogP contribution in [0.1, 0.15) is 35.6 Å². The number of hydrogen-bond acceptors (Lipinski definition) is 6. The molecule has 0 aliphatic rings. The van der Waals surface area contributed by atoms with Gasteiger partial charge in [0.1, 0.15) is 11.4 Å². The van der Waals surface area contributed by atoms with Crippen molar-refractivity contribution in [1.29, 1.82) is 0 Å². The lowest BCUT2D eigenvalue weighted by atomic mass is 10.1. The number of carbonyl (C=O) groups excluding carboxylic acids is 1. The van der Waals surface area contributed by atoms with Crippen molar-refractivity contribution in [2.75, 3.05) is 0 Å². The van der Waals surface area contributed by atoms with Crippen molar-refractivity contribution in [3.8, 4) is 5.69 Å². The van der Waals surface area contributed by atoms with Crippen LogP contribution in [0.4, 0.5) is 0 Å². The van der Waals surface area contributed by atoms with Crippen molar-refractivity contribution in [3.63, 3.8) is 0 Å². The molecule has 0 saturated heterocycles. The van der Waals surface area contributed by atoms with Crippen LogP contribution in [0.3, 0.4) is 0 Å². The standard InChI is InChI=1S/C21H16Cl2N8O2/c1-2-15(28-20(32)12-10-27-30-7-3-6-24-18(12)30)19-29-17-14(23)5-4-13(22)16(17)21(33)31(19)11-8-25-26-9-11/h3-10,15H,2H2,1H3,(H,25,26)(H,28,32). The maximum Gasteiger partial charge on any atom is 0.267 e. The molecule has 2 N–H and O–H groups in total. The number of benzene rings is 1. The first kappa shape index (κ1) is 21.1. The van der Waals surface area contributed by atoms with E-state index in [0.717, 1.165) is 0 Å². The summed E-state index contributed by atoms with van der Waals surface area (Å²) >= 11 is 12.7. The molecular formula is C21H16Cl2N8O2. The zero-order valence-electron chi connectivity index (χ0n) is 17.2. The lowest BCUT2D eigenvalue weighted by molar-refractivity contribution is 0.0934. The first-order chi connectivity index (χ1) is 16.0. The van der Waals surface area contributed by atoms with Crippen LogP contribution >= 0.6 is 23.2 Å². The summed E-state index contributed by atoms with van der Waals surface area (Å²) in [5.41, 5.74) is 1.00. The molecule has 1 aromatic carbocycles. The number of nitrogens with one attached hydrogen (secondary N) is 2. The van der Waals surface area contributed by atoms with E-state index in [2.05, 4.69) is 30.6 Å². The first-order valence-electron chi connectivity index (χ1n) is 9.98. The quantitative estimate of drug-likeness (QED) is 0.395. The second kappa shape index (κ2) is 8.30. The highest BCUT2D eigenvalue weighted by Crippen LogP contribution is 2.29. The van der Waals surface area contributed by atoms with E-state index in [0.29, 0.717) is 29.1 Å². The number of rotatable bonds is 5. The van der Waals surface area contributed by atoms with Gasteiger partial charge >= 0.3 is 0 Å². The minimum atomic E-state index is -0.641. The number of nitrogens with zero attached hydrogens (tertiary/aromatic N) is 6. The third kappa shape index (κ3) is 3.53. The molecule has 1 amide bonds. The van der Waals surface area contributed by atoms with Crippen LogP contribution in [-0.2, 0) is 0 Å². The normalized spacial score (nSPS) is 12.3. The average molecular weight is 483 g/mol. The molecule has 4 heterocycles. The third-order valence-electron chi connectivity index (χ3n) is 5.24. The highest BCUT2D eigenvalue weighted by molar-refractivity contribution is 6.39. The van der Waals surface area contributed by atoms with Crippen molar-refractivity contribution >= 4 is 45.7 Å². The van der Waals surface area contributed by atoms with Gasteiger partial charge in [-0.2, -0.15) is 10.2 Å². The van der Waals surface area contributed by atoms with Gasteiger partial charge in [-0.15, -0.1) is 0 Å². The van der Waals surface area contributed by atoms with E-state index in [9.17, 15) is 9.59 Å². The fraction of sp³-hybridized carbons (Fsp3) is 0.143. The zero-order valence-corrected chi connectivity index (χ0v) is 18.7. The van der Waals surface area contributed by atoms with Crippen molar-refractivity contribution < 1.29 is 4.79 Å². The Morgan fingerprint density at radius 2 is 2.06 bits per heavy atom. The number of aromatic amines is 1. The Bertz CT molecular complexity index is 1560. The number of aromatic nitrogens is 7. The fourth-order valence-electron chi connectivity index (χ4n) is 3.66. The molecule has 4 aromatic heterocycles. The number of carbonyl (C=O) groups is 1. The molecule has 0 fully saturated rings. The van der Waals surface area contributed by atoms with Gasteiger partial charge in [-0.25, -0.2) is 14.5 Å². The largest absolute Gasteiger partial charge is 0.342 e. The summed E-state index contributed by atoms with van der Waals surface area (Å²) in [4.78, 5) is 35.6. The second-order valence-electron chi connectivity index (χ2n) is 7.20. The summed E-state index contributed by atoms with van der Waals surface area (Å²) in [5.74, 6) is -0.112. The van der Waals surface area contributed by atoms with Gasteiger partial charge in [0.2, 0.25) is 0 Å². The SMILES string of the molecule is CCC(NC(=O)c1cnn2cccnc12)c1nc2c(Cl)ccc(Cl)c2c(=O)n1-c1cn[nH]c1. The van der Waals surface area contributed by atoms with Gasteiger partial charge in [-0.1, -0.05) is 30.1 Å². The Hall–Kier alpha value is -3.76. The fourth-order valence-corrected chi connectivity index (χ4v) is 4.09. The second-order valence-corrected chi connectivity index (χ2v) is 8.01. The number of amides is 1. The Balaban J connectivity index is 1.67. The van der Waals surface area contributed by atoms with Crippen LogP contribution in [-0.4, -0.2) is 40.3 Å². The first-order valence-corrected chi connectivity index (χ1v) is 10.7. The summed E-state index contributed by atoms with van der Waals surface area (Å²) in [7, 11) is 0. The van der Waals surface area contributed by atoms with Gasteiger partial charge in [-0.05, 0) is 24.6 Å². The number of hydrogen-bond donors (Lipinski definition) is 2. The van der Waals surface area contributed by atoms with E-state index >= 15 is 0 Å². The Morgan fingerprint density at radius 3 is 2.82 bits per heavy atom. The maximum atomic E-state index is 13.5. The smallest absolute Gasteiger partial charge is 0.267 e. The van der Waals surface area contributed by atoms with Crippen molar-refractivity contribution in [3.05, 3.63) is 81.0 Å². The molecule has 1 unspecified atom stereocenters. The zero-order chi connectivity index (χ0) is 23.1. The molecule has 0 radical (unpaired) electrons. The summed E-state index contributed by atoms with van der Waals surface area (Å²) in [6, 6.07) is 4.20. The van der Waals surface area contributed by atoms with Gasteiger partial charge in [0, 0.05) is 18.6 Å². The topological polar surface area (TPSA) is 123 Å². The molecule has 0 aliphatic heterocycles. The molecule has 10 nitrogen and oxygen atoms in total. The van der Waals surface area contributed by atoms with Crippen LogP contribution in [0.25, 0.3) is 22.2 Å². The lowest BCUT2D eigenvalue weighted by Gasteiger charge is -2.21. The minimum absolute atomic E-state index is 0.183. The summed E-state index contributed by atoms with van der Waals surface area (Å²) in [6.45, 7) is 1.87. The van der Waals surface area contributed by atoms with E-state index in [1.165, 1.54) is 21.5 Å². The van der Waals surface area contributed by atoms with E-state index in [4.69, 9.17) is 23.2 Å². The van der Waals surface area contributed by atoms with Crippen molar-refractivity contribution in [2.45, 2.75) is 19.4 Å². The van der Waals surface area contributed by atoms with Gasteiger partial charge in [-0.3, -0.25) is 19.3 Å². The average Bonchev–Trinajstić information content (AvgIpc) is 3.49. The predicted molar refractivity (Wildman–Crippen MR) is 123 cm³/mol. The van der Waals surface area contributed by atoms with Crippen molar-refractivity contribution in [1.82, 2.24) is 39.7 Å². The summed E-state index contributed by atoms with van der Waals surface area (Å²) in [6.07, 6.45) is 8.20. The van der Waals surface area contributed by atoms with Crippen molar-refractivity contribution in [2.24, 2.45) is 0 Å². The van der Waals surface area contributed by atoms with E-state index in [1.54, 1.807) is 36.8 Å². The summed E-state index contributed by atoms with van der Waals surface area (Å²) < 4.78 is 2.88. The highest BCUT2D eigenvalue weighted by Gasteiger charge is 2.25. The van der Waals surface area contributed by atoms with Crippen LogP contribution in [0.2, 0.25) is 10.0 Å². The Labute approximate surface area is 196 Å². The molecule has 5 rings (SSSR count). The van der Waals surface area contributed by atoms with Gasteiger partial charge in [0.25, 0.3) is 11.5 Å². The van der Waals surface area contributed by atoms with Crippen LogP contribution in [0, 0.1) is 0 Å². The predicted octanol–water partition coefficient (Wildman–Crippen LogP) is 3.34. The molecule has 0 bridgehead atoms. The maximum absolute atomic E-state index is 13.5. The lowest BCUT2D eigenvalue weighted by Crippen LogP contribution is -2.34. The number of H-pyrrole nitrogens is 1. The van der Waals surface area contributed by atoms with E-state index in [1.807, 2.05) is 6.92 Å². The van der Waals surface area contributed by atoms with Gasteiger partial charge < -0.3 is 5.32 Å². The molecule has 0 aliphatic carbocycles. The molecular weight excluding hydrogens is 467 g/mol. The Kier molecular flexibility index (Phi) is 5.31. The molecule has 5 aromatic rings. The third-order valence-corrected chi connectivity index (χ3v) is 5.86. The van der Waals surface area contributed by atoms with Gasteiger partial charge in [0.15, 0.2) is 5.65 Å². The number of halogens is 2. The highest BCUT2D eigenvalue weighted by atomic mass is 35.5. The molecule has 12 heteroatoms. The molecule has 1 atom stereocenters. The van der Waals surface area contributed by atoms with Crippen LogP contribution in [0.5, 0.6) is 0 Å². The van der Waals surface area contributed by atoms with Crippen LogP contribution < -0.4 is 10.9 Å². The molecule has 33 heavy (non-hydrogen) atoms. The number of fused-ring (bicyclic) bond motifs is 2. The van der Waals surface area contributed by atoms with Crippen LogP contribution in [0.15, 0.2) is 54.0 Å². The van der Waals surface area contributed by atoms with E-state index in [-0.39, 0.29) is 20.9 Å². The molecule has 0 saturated carbocycles. The Morgan fingerprint density at radius 1 is 1.24 bits per heavy atom. The van der Waals surface area contributed by atoms with E-state index < -0.39 is 17.5 Å².